The van der Waals surface area contributed by atoms with Gasteiger partial charge in [0.25, 0.3) is 0 Å². The lowest BCUT2D eigenvalue weighted by Crippen LogP contribution is -2.47. The maximum Gasteiger partial charge on any atom is 0.500 e. The normalized spacial score (nSPS) is 12.5. The van der Waals surface area contributed by atoms with Gasteiger partial charge in [0.15, 0.2) is 0 Å². The van der Waals surface area contributed by atoms with Crippen molar-refractivity contribution >= 4 is 17.6 Å². The van der Waals surface area contributed by atoms with Crippen molar-refractivity contribution in [3.05, 3.63) is 0 Å². The van der Waals surface area contributed by atoms with Crippen molar-refractivity contribution in [2.45, 2.75) is 176 Å². The van der Waals surface area contributed by atoms with Gasteiger partial charge in [-0.1, -0.05) is 103 Å². The van der Waals surface area contributed by atoms with Crippen LogP contribution in [-0.2, 0) is 26.6 Å². The third-order valence-electron chi connectivity index (χ3n) is 8.43. The van der Waals surface area contributed by atoms with E-state index in [0.717, 1.165) is 44.6 Å². The summed E-state index contributed by atoms with van der Waals surface area (Å²) in [4.78, 5) is 2.63. The van der Waals surface area contributed by atoms with Gasteiger partial charge in [0, 0.05) is 51.7 Å². The van der Waals surface area contributed by atoms with E-state index in [0.29, 0.717) is 39.6 Å². The fourth-order valence-electron chi connectivity index (χ4n) is 6.26. The number of hydrogen-bond acceptors (Lipinski definition) is 7. The van der Waals surface area contributed by atoms with Crippen LogP contribution in [0.15, 0.2) is 0 Å². The zero-order chi connectivity index (χ0) is 33.3. The summed E-state index contributed by atoms with van der Waals surface area (Å²) in [5.41, 5.74) is 0. The molecule has 0 bridgehead atoms. The summed E-state index contributed by atoms with van der Waals surface area (Å²) in [6, 6.07) is 1.74. The minimum Gasteiger partial charge on any atom is -0.374 e. The topological polar surface area (TPSA) is 58.6 Å². The Morgan fingerprint density at radius 2 is 0.556 bits per heavy atom. The van der Waals surface area contributed by atoms with Crippen LogP contribution in [-0.4, -0.2) is 81.8 Å². The first-order valence-corrected chi connectivity index (χ1v) is 23.4. The van der Waals surface area contributed by atoms with Gasteiger partial charge < -0.3 is 31.5 Å². The van der Waals surface area contributed by atoms with Gasteiger partial charge in [-0.2, -0.15) is 0 Å². The van der Waals surface area contributed by atoms with Crippen LogP contribution < -0.4 is 0 Å². The van der Waals surface area contributed by atoms with E-state index < -0.39 is 17.6 Å². The molecule has 0 aliphatic carbocycles. The van der Waals surface area contributed by atoms with E-state index in [1.807, 2.05) is 41.5 Å². The predicted octanol–water partition coefficient (Wildman–Crippen LogP) is 10.4. The highest BCUT2D eigenvalue weighted by Gasteiger charge is 2.41. The van der Waals surface area contributed by atoms with Crippen LogP contribution in [0.1, 0.15) is 164 Å². The molecule has 0 unspecified atom stereocenters. The molecule has 0 amide bonds. The van der Waals surface area contributed by atoms with Gasteiger partial charge in [-0.15, -0.1) is 0 Å². The SMILES string of the molecule is CCCCCCCCCCCCCCCCCCN(CCC[Si](OCC)(OCC)OCC)CCC[Si](OCC)(OCC)OCC. The highest BCUT2D eigenvalue weighted by molar-refractivity contribution is 6.61. The minimum atomic E-state index is -2.61. The molecule has 0 aliphatic heterocycles. The van der Waals surface area contributed by atoms with Crippen LogP contribution in [0.4, 0.5) is 0 Å². The van der Waals surface area contributed by atoms with E-state index in [4.69, 9.17) is 26.6 Å². The maximum atomic E-state index is 6.12. The summed E-state index contributed by atoms with van der Waals surface area (Å²) in [5.74, 6) is 0. The predicted molar refractivity (Wildman–Crippen MR) is 196 cm³/mol. The largest absolute Gasteiger partial charge is 0.500 e. The highest BCUT2D eigenvalue weighted by Crippen LogP contribution is 2.21. The van der Waals surface area contributed by atoms with E-state index >= 15 is 0 Å². The second kappa shape index (κ2) is 32.7. The van der Waals surface area contributed by atoms with Crippen molar-refractivity contribution in [2.75, 3.05) is 59.3 Å². The molecule has 0 saturated carbocycles. The minimum absolute atomic E-state index is 0.633. The summed E-state index contributed by atoms with van der Waals surface area (Å²) < 4.78 is 36.7. The maximum absolute atomic E-state index is 6.12. The molecule has 0 aromatic rings. The molecular formula is C36H79NO6Si2. The van der Waals surface area contributed by atoms with Crippen LogP contribution in [0, 0.1) is 0 Å². The molecule has 0 aromatic carbocycles. The van der Waals surface area contributed by atoms with E-state index in [1.165, 1.54) is 103 Å². The van der Waals surface area contributed by atoms with E-state index in [2.05, 4.69) is 11.8 Å². The molecule has 0 aromatic heterocycles. The zero-order valence-electron chi connectivity index (χ0n) is 31.4. The second-order valence-corrected chi connectivity index (χ2v) is 17.8. The fourth-order valence-corrected chi connectivity index (χ4v) is 11.4. The highest BCUT2D eigenvalue weighted by atomic mass is 28.4. The Labute approximate surface area is 283 Å². The Hall–Kier alpha value is 0.154. The lowest BCUT2D eigenvalue weighted by Gasteiger charge is -2.31. The first-order chi connectivity index (χ1) is 22.0. The van der Waals surface area contributed by atoms with Crippen LogP contribution in [0.2, 0.25) is 12.1 Å². The number of unbranched alkanes of at least 4 members (excludes halogenated alkanes) is 15. The van der Waals surface area contributed by atoms with Crippen molar-refractivity contribution in [1.82, 2.24) is 4.90 Å². The molecule has 7 nitrogen and oxygen atoms in total. The zero-order valence-corrected chi connectivity index (χ0v) is 33.4. The molecule has 0 rings (SSSR count). The quantitative estimate of drug-likeness (QED) is 0.0479. The Bertz CT molecular complexity index is 538. The monoisotopic (exact) mass is 678 g/mol. The van der Waals surface area contributed by atoms with E-state index in [1.54, 1.807) is 0 Å². The first-order valence-electron chi connectivity index (χ1n) is 19.6. The second-order valence-electron chi connectivity index (χ2n) is 12.3. The molecule has 45 heavy (non-hydrogen) atoms. The van der Waals surface area contributed by atoms with Gasteiger partial charge in [0.05, 0.1) is 0 Å². The van der Waals surface area contributed by atoms with E-state index in [9.17, 15) is 0 Å². The average Bonchev–Trinajstić information content (AvgIpc) is 3.01. The third-order valence-corrected chi connectivity index (χ3v) is 14.7. The smallest absolute Gasteiger partial charge is 0.374 e. The molecular weight excluding hydrogens is 599 g/mol. The molecule has 0 fully saturated rings. The van der Waals surface area contributed by atoms with Crippen molar-refractivity contribution in [2.24, 2.45) is 0 Å². The summed E-state index contributed by atoms with van der Waals surface area (Å²) in [6.45, 7) is 21.5. The Morgan fingerprint density at radius 1 is 0.311 bits per heavy atom. The van der Waals surface area contributed by atoms with Crippen molar-refractivity contribution in [3.63, 3.8) is 0 Å². The van der Waals surface area contributed by atoms with Gasteiger partial charge in [-0.25, -0.2) is 0 Å². The molecule has 0 spiro atoms. The van der Waals surface area contributed by atoms with Gasteiger partial charge in [-0.05, 0) is 80.4 Å². The third kappa shape index (κ3) is 24.9. The Balaban J connectivity index is 4.61. The number of hydrogen-bond donors (Lipinski definition) is 0. The van der Waals surface area contributed by atoms with Crippen molar-refractivity contribution < 1.29 is 26.6 Å². The molecule has 0 atom stereocenters. The summed E-state index contributed by atoms with van der Waals surface area (Å²) in [6.07, 6.45) is 24.5. The number of nitrogens with zero attached hydrogens (tertiary/aromatic N) is 1. The molecule has 0 N–H and O–H groups in total. The molecule has 272 valence electrons. The van der Waals surface area contributed by atoms with Gasteiger partial charge in [0.1, 0.15) is 0 Å². The molecule has 0 heterocycles. The van der Waals surface area contributed by atoms with E-state index in [-0.39, 0.29) is 0 Å². The lowest BCUT2D eigenvalue weighted by atomic mass is 10.0. The number of rotatable bonds is 37. The molecule has 9 heteroatoms. The Kier molecular flexibility index (Phi) is 32.8. The van der Waals surface area contributed by atoms with Crippen LogP contribution in [0.3, 0.4) is 0 Å². The first kappa shape index (κ1) is 45.2. The fraction of sp³-hybridized carbons (Fsp3) is 1.00. The van der Waals surface area contributed by atoms with Gasteiger partial charge in [-0.3, -0.25) is 0 Å². The summed E-state index contributed by atoms with van der Waals surface area (Å²) in [7, 11) is -5.22. The summed E-state index contributed by atoms with van der Waals surface area (Å²) >= 11 is 0. The Morgan fingerprint density at radius 3 is 0.822 bits per heavy atom. The van der Waals surface area contributed by atoms with Crippen LogP contribution in [0.25, 0.3) is 0 Å². The van der Waals surface area contributed by atoms with Gasteiger partial charge in [0.2, 0.25) is 0 Å². The summed E-state index contributed by atoms with van der Waals surface area (Å²) in [5, 5.41) is 0. The molecule has 0 saturated heterocycles. The van der Waals surface area contributed by atoms with Gasteiger partial charge >= 0.3 is 17.6 Å². The molecule has 0 aliphatic rings. The molecule has 0 radical (unpaired) electrons. The van der Waals surface area contributed by atoms with Crippen molar-refractivity contribution in [3.8, 4) is 0 Å². The van der Waals surface area contributed by atoms with Crippen molar-refractivity contribution in [1.29, 1.82) is 0 Å². The standard InChI is InChI=1S/C36H79NO6Si2/c1-8-15-16-17-18-19-20-21-22-23-24-25-26-27-28-29-32-37(33-30-35-44(38-9-2,39-10-3)40-11-4)34-31-36-45(41-12-5,42-13-6)43-14-7/h8-36H2,1-7H3. The van der Waals surface area contributed by atoms with Crippen LogP contribution >= 0.6 is 0 Å². The van der Waals surface area contributed by atoms with Crippen LogP contribution in [0.5, 0.6) is 0 Å². The average molecular weight is 678 g/mol. The lowest BCUT2D eigenvalue weighted by molar-refractivity contribution is 0.0692.